The highest BCUT2D eigenvalue weighted by molar-refractivity contribution is 7.91. The largest absolute Gasteiger partial charge is 0.330 e. The van der Waals surface area contributed by atoms with E-state index in [2.05, 4.69) is 0 Å². The van der Waals surface area contributed by atoms with Crippen molar-refractivity contribution < 1.29 is 4.21 Å². The summed E-state index contributed by atoms with van der Waals surface area (Å²) in [6, 6.07) is 0. The van der Waals surface area contributed by atoms with Crippen molar-refractivity contribution in [3.8, 4) is 0 Å². The standard InChI is InChI=1S/C3H10N2OS/c1-7(5,6)3-2-4/h5H,2-4H2,1H3/t7-/m0/s1. The van der Waals surface area contributed by atoms with Crippen LogP contribution in [0.5, 0.6) is 0 Å². The van der Waals surface area contributed by atoms with Crippen molar-refractivity contribution in [1.29, 1.82) is 4.78 Å². The first-order chi connectivity index (χ1) is 3.06. The van der Waals surface area contributed by atoms with Gasteiger partial charge in [0.05, 0.1) is 0 Å². The molecular formula is C3H10N2OS. The van der Waals surface area contributed by atoms with Gasteiger partial charge < -0.3 is 5.73 Å². The molecule has 4 heteroatoms. The Bertz CT molecular complexity index is 126. The van der Waals surface area contributed by atoms with Crippen LogP contribution in [0.3, 0.4) is 0 Å². The third-order valence-electron chi connectivity index (χ3n) is 0.507. The lowest BCUT2D eigenvalue weighted by molar-refractivity contribution is 0.678. The van der Waals surface area contributed by atoms with Crippen LogP contribution in [0.2, 0.25) is 0 Å². The van der Waals surface area contributed by atoms with Gasteiger partial charge in [0.1, 0.15) is 0 Å². The molecule has 0 aliphatic carbocycles. The van der Waals surface area contributed by atoms with Crippen molar-refractivity contribution in [2.45, 2.75) is 0 Å². The molecule has 3 nitrogen and oxygen atoms in total. The lowest BCUT2D eigenvalue weighted by atomic mass is 10.8. The zero-order valence-electron chi connectivity index (χ0n) is 4.31. The molecule has 0 bridgehead atoms. The van der Waals surface area contributed by atoms with Gasteiger partial charge in [-0.15, -0.1) is 0 Å². The molecule has 0 spiro atoms. The van der Waals surface area contributed by atoms with E-state index >= 15 is 0 Å². The first-order valence-corrected chi connectivity index (χ1v) is 4.11. The van der Waals surface area contributed by atoms with E-state index in [1.54, 1.807) is 0 Å². The maximum Gasteiger partial charge on any atom is 0.0435 e. The summed E-state index contributed by atoms with van der Waals surface area (Å²) in [5.41, 5.74) is 5.02. The van der Waals surface area contributed by atoms with Crippen LogP contribution in [0, 0.1) is 4.78 Å². The predicted octanol–water partition coefficient (Wildman–Crippen LogP) is -0.378. The Morgan fingerprint density at radius 1 is 1.86 bits per heavy atom. The molecule has 44 valence electrons. The number of nitrogens with two attached hydrogens (primary N) is 1. The molecule has 0 rings (SSSR count). The van der Waals surface area contributed by atoms with Crippen molar-refractivity contribution in [1.82, 2.24) is 0 Å². The third-order valence-corrected chi connectivity index (χ3v) is 1.52. The van der Waals surface area contributed by atoms with Crippen LogP contribution in [-0.2, 0) is 9.73 Å². The molecule has 0 radical (unpaired) electrons. The summed E-state index contributed by atoms with van der Waals surface area (Å²) < 4.78 is 17.2. The van der Waals surface area contributed by atoms with Gasteiger partial charge in [-0.1, -0.05) is 0 Å². The van der Waals surface area contributed by atoms with Crippen LogP contribution in [-0.4, -0.2) is 22.8 Å². The minimum atomic E-state index is -2.30. The lowest BCUT2D eigenvalue weighted by Crippen LogP contribution is -2.12. The molecule has 1 atom stereocenters. The molecule has 0 aliphatic rings. The van der Waals surface area contributed by atoms with Crippen molar-refractivity contribution in [3.63, 3.8) is 0 Å². The Hall–Kier alpha value is -0.0900. The molecule has 0 saturated carbocycles. The highest BCUT2D eigenvalue weighted by atomic mass is 32.2. The zero-order valence-corrected chi connectivity index (χ0v) is 5.12. The number of nitrogens with one attached hydrogen (secondary N) is 1. The summed E-state index contributed by atoms with van der Waals surface area (Å²) >= 11 is 0. The lowest BCUT2D eigenvalue weighted by Gasteiger charge is -1.92. The average molecular weight is 122 g/mol. The summed E-state index contributed by atoms with van der Waals surface area (Å²) in [6.07, 6.45) is 1.39. The van der Waals surface area contributed by atoms with Crippen molar-refractivity contribution >= 4 is 9.73 Å². The van der Waals surface area contributed by atoms with E-state index in [-0.39, 0.29) is 0 Å². The van der Waals surface area contributed by atoms with Crippen LogP contribution >= 0.6 is 0 Å². The summed E-state index contributed by atoms with van der Waals surface area (Å²) in [5.74, 6) is 0.312. The number of rotatable bonds is 2. The highest BCUT2D eigenvalue weighted by Gasteiger charge is 1.90. The van der Waals surface area contributed by atoms with Crippen LogP contribution in [0.1, 0.15) is 0 Å². The zero-order chi connectivity index (χ0) is 5.91. The molecule has 0 aromatic heterocycles. The molecule has 0 fully saturated rings. The Balaban J connectivity index is 3.60. The van der Waals surface area contributed by atoms with Gasteiger partial charge in [0.2, 0.25) is 0 Å². The fourth-order valence-corrected chi connectivity index (χ4v) is 0.675. The molecule has 7 heavy (non-hydrogen) atoms. The molecule has 0 saturated heterocycles. The van der Waals surface area contributed by atoms with Gasteiger partial charge in [-0.3, -0.25) is 8.99 Å². The van der Waals surface area contributed by atoms with E-state index in [0.717, 1.165) is 0 Å². The SMILES string of the molecule is C[S@](=N)(=O)CCN. The van der Waals surface area contributed by atoms with Crippen molar-refractivity contribution in [3.05, 3.63) is 0 Å². The quantitative estimate of drug-likeness (QED) is 0.524. The van der Waals surface area contributed by atoms with Crippen LogP contribution in [0.15, 0.2) is 0 Å². The van der Waals surface area contributed by atoms with Crippen LogP contribution < -0.4 is 5.73 Å². The number of hydrogen-bond acceptors (Lipinski definition) is 3. The van der Waals surface area contributed by atoms with Crippen molar-refractivity contribution in [2.75, 3.05) is 18.6 Å². The topological polar surface area (TPSA) is 66.9 Å². The molecular weight excluding hydrogens is 112 g/mol. The average Bonchev–Trinajstić information content (AvgIpc) is 1.30. The van der Waals surface area contributed by atoms with E-state index in [1.807, 2.05) is 0 Å². The summed E-state index contributed by atoms with van der Waals surface area (Å²) in [4.78, 5) is 0. The van der Waals surface area contributed by atoms with E-state index in [9.17, 15) is 4.21 Å². The summed E-state index contributed by atoms with van der Waals surface area (Å²) in [7, 11) is -2.30. The normalized spacial score (nSPS) is 18.6. The van der Waals surface area contributed by atoms with Gasteiger partial charge in [0.25, 0.3) is 0 Å². The second-order valence-corrected chi connectivity index (χ2v) is 3.92. The molecule has 0 unspecified atom stereocenters. The fraction of sp³-hybridized carbons (Fsp3) is 1.00. The van der Waals surface area contributed by atoms with Gasteiger partial charge in [0.15, 0.2) is 0 Å². The van der Waals surface area contributed by atoms with Gasteiger partial charge in [-0.2, -0.15) is 0 Å². The summed E-state index contributed by atoms with van der Waals surface area (Å²) in [6.45, 7) is 0.346. The predicted molar refractivity (Wildman–Crippen MR) is 30.7 cm³/mol. The highest BCUT2D eigenvalue weighted by Crippen LogP contribution is 1.78. The first-order valence-electron chi connectivity index (χ1n) is 1.98. The molecule has 0 heterocycles. The third kappa shape index (κ3) is 5.91. The molecule has 0 aliphatic heterocycles. The second-order valence-electron chi connectivity index (χ2n) is 1.50. The second kappa shape index (κ2) is 2.28. The fourth-order valence-electron chi connectivity index (χ4n) is 0.225. The number of hydrogen-bond donors (Lipinski definition) is 2. The van der Waals surface area contributed by atoms with Crippen molar-refractivity contribution in [2.24, 2.45) is 5.73 Å². The minimum Gasteiger partial charge on any atom is -0.330 e. The maximum atomic E-state index is 10.4. The Kier molecular flexibility index (Phi) is 2.25. The Morgan fingerprint density at radius 2 is 2.29 bits per heavy atom. The first kappa shape index (κ1) is 6.91. The Labute approximate surface area is 43.9 Å². The van der Waals surface area contributed by atoms with Gasteiger partial charge in [0, 0.05) is 28.3 Å². The van der Waals surface area contributed by atoms with Crippen LogP contribution in [0.4, 0.5) is 0 Å². The summed E-state index contributed by atoms with van der Waals surface area (Å²) in [5, 5.41) is 0. The Morgan fingerprint density at radius 3 is 2.29 bits per heavy atom. The minimum absolute atomic E-state index is 0.312. The smallest absolute Gasteiger partial charge is 0.0435 e. The molecule has 0 amide bonds. The van der Waals surface area contributed by atoms with Gasteiger partial charge >= 0.3 is 0 Å². The maximum absolute atomic E-state index is 10.4. The molecule has 3 N–H and O–H groups in total. The molecule has 0 aromatic carbocycles. The molecule has 0 aromatic rings. The monoisotopic (exact) mass is 122 g/mol. The van der Waals surface area contributed by atoms with Crippen LogP contribution in [0.25, 0.3) is 0 Å². The van der Waals surface area contributed by atoms with Gasteiger partial charge in [-0.05, 0) is 0 Å². The van der Waals surface area contributed by atoms with E-state index in [1.165, 1.54) is 6.26 Å². The van der Waals surface area contributed by atoms with Gasteiger partial charge in [-0.25, -0.2) is 0 Å². The van der Waals surface area contributed by atoms with E-state index in [0.29, 0.717) is 12.3 Å². The van der Waals surface area contributed by atoms with E-state index in [4.69, 9.17) is 10.5 Å². The van der Waals surface area contributed by atoms with E-state index < -0.39 is 9.73 Å².